The van der Waals surface area contributed by atoms with Crippen molar-refractivity contribution in [2.24, 2.45) is 0 Å². The van der Waals surface area contributed by atoms with Crippen molar-refractivity contribution in [3.63, 3.8) is 0 Å². The Morgan fingerprint density at radius 2 is 2.13 bits per heavy atom. The fraction of sp³-hybridized carbons (Fsp3) is 0. The van der Waals surface area contributed by atoms with Gasteiger partial charge in [-0.1, -0.05) is 18.2 Å². The summed E-state index contributed by atoms with van der Waals surface area (Å²) in [5.41, 5.74) is 2.32. The largest absolute Gasteiger partial charge is 0.360 e. The number of fused-ring (bicyclic) bond motifs is 1. The number of aromatic amines is 1. The van der Waals surface area contributed by atoms with Gasteiger partial charge in [-0.05, 0) is 22.0 Å². The van der Waals surface area contributed by atoms with Crippen LogP contribution in [0.25, 0.3) is 21.5 Å². The van der Waals surface area contributed by atoms with E-state index in [1.165, 1.54) is 10.9 Å². The summed E-state index contributed by atoms with van der Waals surface area (Å²) >= 11 is 5.01. The van der Waals surface area contributed by atoms with Crippen molar-refractivity contribution in [2.75, 3.05) is 0 Å². The Labute approximate surface area is 99.1 Å². The van der Waals surface area contributed by atoms with E-state index in [-0.39, 0.29) is 0 Å². The number of thiazole rings is 1. The summed E-state index contributed by atoms with van der Waals surface area (Å²) in [5, 5.41) is 4.26. The van der Waals surface area contributed by atoms with Crippen molar-refractivity contribution in [3.8, 4) is 10.6 Å². The third-order valence-electron chi connectivity index (χ3n) is 2.30. The number of aromatic nitrogens is 2. The van der Waals surface area contributed by atoms with Crippen LogP contribution in [0.2, 0.25) is 0 Å². The van der Waals surface area contributed by atoms with Gasteiger partial charge < -0.3 is 4.98 Å². The molecule has 0 aliphatic rings. The van der Waals surface area contributed by atoms with Crippen molar-refractivity contribution in [2.45, 2.75) is 0 Å². The molecule has 2 nitrogen and oxygen atoms in total. The number of hydrogen-bond donors (Lipinski definition) is 1. The van der Waals surface area contributed by atoms with E-state index in [1.54, 1.807) is 11.3 Å². The third kappa shape index (κ3) is 1.50. The second-order valence-corrected chi connectivity index (χ2v) is 4.89. The quantitative estimate of drug-likeness (QED) is 0.715. The summed E-state index contributed by atoms with van der Waals surface area (Å²) in [4.78, 5) is 7.67. The van der Waals surface area contributed by atoms with Crippen LogP contribution in [-0.4, -0.2) is 9.97 Å². The van der Waals surface area contributed by atoms with Crippen LogP contribution in [0.1, 0.15) is 0 Å². The Bertz CT molecular complexity index is 612. The first-order chi connectivity index (χ1) is 7.34. The zero-order valence-corrected chi connectivity index (χ0v) is 10.1. The van der Waals surface area contributed by atoms with E-state index < -0.39 is 0 Å². The van der Waals surface area contributed by atoms with E-state index in [9.17, 15) is 0 Å². The summed E-state index contributed by atoms with van der Waals surface area (Å²) < 4.78 is 0.896. The fourth-order valence-corrected chi connectivity index (χ4v) is 2.91. The van der Waals surface area contributed by atoms with Crippen LogP contribution in [0, 0.1) is 0 Å². The van der Waals surface area contributed by atoms with Crippen molar-refractivity contribution >= 4 is 38.2 Å². The number of hydrogen-bond acceptors (Lipinski definition) is 2. The highest BCUT2D eigenvalue weighted by Gasteiger charge is 2.08. The van der Waals surface area contributed by atoms with Gasteiger partial charge in [-0.25, -0.2) is 4.98 Å². The lowest BCUT2D eigenvalue weighted by Crippen LogP contribution is -1.72. The van der Waals surface area contributed by atoms with Gasteiger partial charge >= 0.3 is 0 Å². The molecular formula is C11H7BrN2S. The lowest BCUT2D eigenvalue weighted by atomic mass is 10.2. The molecule has 2 aromatic heterocycles. The van der Waals surface area contributed by atoms with Crippen LogP contribution in [-0.2, 0) is 0 Å². The molecule has 0 aliphatic heterocycles. The molecule has 0 bridgehead atoms. The first kappa shape index (κ1) is 9.12. The van der Waals surface area contributed by atoms with E-state index in [0.29, 0.717) is 0 Å². The Morgan fingerprint density at radius 3 is 2.93 bits per heavy atom. The molecule has 0 amide bonds. The van der Waals surface area contributed by atoms with Crippen LogP contribution in [0.4, 0.5) is 0 Å². The summed E-state index contributed by atoms with van der Waals surface area (Å²) in [6, 6.07) is 8.25. The van der Waals surface area contributed by atoms with Gasteiger partial charge in [0.25, 0.3) is 0 Å². The molecule has 4 heteroatoms. The second kappa shape index (κ2) is 3.47. The molecule has 0 radical (unpaired) electrons. The first-order valence-corrected chi connectivity index (χ1v) is 6.19. The Kier molecular flexibility index (Phi) is 2.11. The van der Waals surface area contributed by atoms with E-state index in [4.69, 9.17) is 0 Å². The number of halogens is 1. The molecule has 15 heavy (non-hydrogen) atoms. The maximum atomic E-state index is 4.42. The van der Waals surface area contributed by atoms with Crippen LogP contribution in [0.15, 0.2) is 40.4 Å². The lowest BCUT2D eigenvalue weighted by molar-refractivity contribution is 1.36. The number of nitrogens with zero attached hydrogens (tertiary/aromatic N) is 1. The predicted molar refractivity (Wildman–Crippen MR) is 67.1 cm³/mol. The number of rotatable bonds is 1. The average Bonchev–Trinajstić information content (AvgIpc) is 2.83. The van der Waals surface area contributed by atoms with Crippen LogP contribution < -0.4 is 0 Å². The average molecular weight is 279 g/mol. The summed E-state index contributed by atoms with van der Waals surface area (Å²) in [6.45, 7) is 0. The summed E-state index contributed by atoms with van der Waals surface area (Å²) in [6.07, 6.45) is 2.01. The molecule has 0 aliphatic carbocycles. The third-order valence-corrected chi connectivity index (χ3v) is 3.88. The molecule has 0 saturated heterocycles. The molecule has 0 spiro atoms. The second-order valence-electron chi connectivity index (χ2n) is 3.22. The predicted octanol–water partition coefficient (Wildman–Crippen LogP) is 4.05. The topological polar surface area (TPSA) is 28.7 Å². The molecule has 1 N–H and O–H groups in total. The van der Waals surface area contributed by atoms with Gasteiger partial charge in [-0.2, -0.15) is 0 Å². The smallest absolute Gasteiger partial charge is 0.126 e. The zero-order valence-electron chi connectivity index (χ0n) is 7.70. The SMILES string of the molecule is Brc1csc(-c2c[nH]c3ccccc23)n1. The van der Waals surface area contributed by atoms with Crippen molar-refractivity contribution < 1.29 is 0 Å². The van der Waals surface area contributed by atoms with Gasteiger partial charge in [-0.3, -0.25) is 0 Å². The maximum Gasteiger partial charge on any atom is 0.126 e. The Hall–Kier alpha value is -1.13. The molecule has 0 fully saturated rings. The van der Waals surface area contributed by atoms with E-state index in [2.05, 4.69) is 38.0 Å². The van der Waals surface area contributed by atoms with Crippen molar-refractivity contribution in [1.29, 1.82) is 0 Å². The molecule has 0 atom stereocenters. The van der Waals surface area contributed by atoms with E-state index in [0.717, 1.165) is 15.1 Å². The molecule has 74 valence electrons. The van der Waals surface area contributed by atoms with Crippen molar-refractivity contribution in [1.82, 2.24) is 9.97 Å². The number of nitrogens with one attached hydrogen (secondary N) is 1. The Balaban J connectivity index is 2.27. The minimum absolute atomic E-state index is 0.896. The first-order valence-electron chi connectivity index (χ1n) is 4.52. The minimum atomic E-state index is 0.896. The molecule has 2 heterocycles. The van der Waals surface area contributed by atoms with Gasteiger partial charge in [0.15, 0.2) is 0 Å². The number of para-hydroxylation sites is 1. The lowest BCUT2D eigenvalue weighted by Gasteiger charge is -1.92. The summed E-state index contributed by atoms with van der Waals surface area (Å²) in [7, 11) is 0. The van der Waals surface area contributed by atoms with Crippen LogP contribution >= 0.6 is 27.3 Å². The normalized spacial score (nSPS) is 11.0. The fourth-order valence-electron chi connectivity index (χ4n) is 1.63. The van der Waals surface area contributed by atoms with Gasteiger partial charge in [0.05, 0.1) is 0 Å². The van der Waals surface area contributed by atoms with Gasteiger partial charge in [0.2, 0.25) is 0 Å². The van der Waals surface area contributed by atoms with Crippen LogP contribution in [0.3, 0.4) is 0 Å². The molecule has 1 aromatic carbocycles. The van der Waals surface area contributed by atoms with Gasteiger partial charge in [-0.15, -0.1) is 11.3 Å². The van der Waals surface area contributed by atoms with Gasteiger partial charge in [0, 0.05) is 28.0 Å². The monoisotopic (exact) mass is 278 g/mol. The molecule has 0 unspecified atom stereocenters. The van der Waals surface area contributed by atoms with Crippen LogP contribution in [0.5, 0.6) is 0 Å². The van der Waals surface area contributed by atoms with Gasteiger partial charge in [0.1, 0.15) is 9.61 Å². The maximum absolute atomic E-state index is 4.42. The highest BCUT2D eigenvalue weighted by molar-refractivity contribution is 9.10. The molecule has 3 aromatic rings. The number of benzene rings is 1. The molecule has 3 rings (SSSR count). The Morgan fingerprint density at radius 1 is 1.27 bits per heavy atom. The zero-order chi connectivity index (χ0) is 10.3. The standard InChI is InChI=1S/C11H7BrN2S/c12-10-6-15-11(14-10)8-5-13-9-4-2-1-3-7(8)9/h1-6,13H. The van der Waals surface area contributed by atoms with E-state index >= 15 is 0 Å². The summed E-state index contributed by atoms with van der Waals surface area (Å²) in [5.74, 6) is 0. The minimum Gasteiger partial charge on any atom is -0.360 e. The van der Waals surface area contributed by atoms with E-state index in [1.807, 2.05) is 23.7 Å². The van der Waals surface area contributed by atoms with Crippen molar-refractivity contribution in [3.05, 3.63) is 40.4 Å². The highest BCUT2D eigenvalue weighted by Crippen LogP contribution is 2.31. The molecule has 0 saturated carbocycles. The highest BCUT2D eigenvalue weighted by atomic mass is 79.9. The number of H-pyrrole nitrogens is 1. The molecular weight excluding hydrogens is 272 g/mol.